The van der Waals surface area contributed by atoms with Gasteiger partial charge in [-0.3, -0.25) is 0 Å². The van der Waals surface area contributed by atoms with Crippen molar-refractivity contribution in [2.24, 2.45) is 5.10 Å². The first kappa shape index (κ1) is 19.5. The van der Waals surface area contributed by atoms with Gasteiger partial charge in [-0.1, -0.05) is 66.4 Å². The number of fused-ring (bicyclic) bond motifs is 2. The van der Waals surface area contributed by atoms with Crippen molar-refractivity contribution < 1.29 is 0 Å². The smallest absolute Gasteiger partial charge is 0.0652 e. The van der Waals surface area contributed by atoms with Gasteiger partial charge in [0.25, 0.3) is 0 Å². The fraction of sp³-hybridized carbons (Fsp3) is 0.0741. The number of hydrogen-bond acceptors (Lipinski definition) is 4. The lowest BCUT2D eigenvalue weighted by Gasteiger charge is -2.32. The molecule has 0 spiro atoms. The Morgan fingerprint density at radius 2 is 1.35 bits per heavy atom. The Hall–Kier alpha value is -3.50. The molecule has 0 amide bonds. The van der Waals surface area contributed by atoms with E-state index in [-0.39, 0.29) is 0 Å². The molecule has 0 bridgehead atoms. The quantitative estimate of drug-likeness (QED) is 0.246. The molecule has 0 aliphatic carbocycles. The van der Waals surface area contributed by atoms with E-state index in [9.17, 15) is 0 Å². The zero-order valence-electron chi connectivity index (χ0n) is 17.3. The van der Waals surface area contributed by atoms with Gasteiger partial charge >= 0.3 is 0 Å². The molecule has 0 unspecified atom stereocenters. The van der Waals surface area contributed by atoms with Crippen molar-refractivity contribution in [3.63, 3.8) is 0 Å². The lowest BCUT2D eigenvalue weighted by molar-refractivity contribution is 0.979. The highest BCUT2D eigenvalue weighted by Crippen LogP contribution is 2.48. The van der Waals surface area contributed by atoms with Gasteiger partial charge in [0.15, 0.2) is 0 Å². The van der Waals surface area contributed by atoms with Gasteiger partial charge in [0, 0.05) is 16.3 Å². The van der Waals surface area contributed by atoms with Crippen molar-refractivity contribution in [2.75, 3.05) is 16.5 Å². The summed E-state index contributed by atoms with van der Waals surface area (Å²) < 4.78 is 0. The third kappa shape index (κ3) is 3.94. The molecule has 152 valence electrons. The second-order valence-electron chi connectivity index (χ2n) is 7.27. The van der Waals surface area contributed by atoms with E-state index in [1.807, 2.05) is 59.4 Å². The van der Waals surface area contributed by atoms with Crippen LogP contribution in [0.4, 0.5) is 22.7 Å². The minimum atomic E-state index is 0.938. The van der Waals surface area contributed by atoms with Gasteiger partial charge in [-0.2, -0.15) is 5.10 Å². The molecule has 0 aromatic heterocycles. The molecule has 0 saturated carbocycles. The van der Waals surface area contributed by atoms with Gasteiger partial charge in [0.1, 0.15) is 0 Å². The van der Waals surface area contributed by atoms with Crippen molar-refractivity contribution in [2.45, 2.75) is 16.7 Å². The van der Waals surface area contributed by atoms with Crippen LogP contribution in [-0.2, 0) is 0 Å². The average molecular weight is 422 g/mol. The van der Waals surface area contributed by atoms with E-state index in [0.717, 1.165) is 23.5 Å². The summed E-state index contributed by atoms with van der Waals surface area (Å²) in [5, 5.41) is 6.82. The van der Waals surface area contributed by atoms with Crippen molar-refractivity contribution in [1.82, 2.24) is 0 Å². The number of nitrogens with zero attached hydrogens (tertiary/aromatic N) is 3. The van der Waals surface area contributed by atoms with Gasteiger partial charge in [-0.05, 0) is 61.0 Å². The monoisotopic (exact) mass is 421 g/mol. The Morgan fingerprint density at radius 3 is 2.03 bits per heavy atom. The van der Waals surface area contributed by atoms with E-state index in [2.05, 4.69) is 78.6 Å². The van der Waals surface area contributed by atoms with Gasteiger partial charge in [-0.25, -0.2) is 5.01 Å². The maximum absolute atomic E-state index is 4.85. The largest absolute Gasteiger partial charge is 0.340 e. The van der Waals surface area contributed by atoms with Crippen LogP contribution in [0.2, 0.25) is 0 Å². The van der Waals surface area contributed by atoms with E-state index in [1.165, 1.54) is 21.2 Å². The number of anilines is 4. The maximum atomic E-state index is 4.85. The predicted molar refractivity (Wildman–Crippen MR) is 132 cm³/mol. The first-order chi connectivity index (χ1) is 15.3. The van der Waals surface area contributed by atoms with E-state index in [4.69, 9.17) is 5.10 Å². The lowest BCUT2D eigenvalue weighted by atomic mass is 10.1. The van der Waals surface area contributed by atoms with Crippen LogP contribution in [0.25, 0.3) is 0 Å². The normalized spacial score (nSPS) is 12.5. The molecule has 4 heteroatoms. The average Bonchev–Trinajstić information content (AvgIpc) is 2.84. The second-order valence-corrected chi connectivity index (χ2v) is 8.35. The van der Waals surface area contributed by atoms with Crippen molar-refractivity contribution in [1.29, 1.82) is 0 Å². The summed E-state index contributed by atoms with van der Waals surface area (Å²) in [6.45, 7) is 3.14. The van der Waals surface area contributed by atoms with Crippen LogP contribution in [0.15, 0.2) is 118 Å². The Kier molecular flexibility index (Phi) is 5.46. The van der Waals surface area contributed by atoms with Crippen LogP contribution in [0.1, 0.15) is 12.5 Å². The number of hydrazone groups is 1. The second kappa shape index (κ2) is 8.70. The SMILES string of the molecule is CCN1c2ccccc2Sc2cc(C=NN(c3ccccc3)c3ccccc3)ccc21. The number of hydrogen-bond donors (Lipinski definition) is 0. The molecule has 0 saturated heterocycles. The molecule has 1 heterocycles. The zero-order valence-corrected chi connectivity index (χ0v) is 18.2. The van der Waals surface area contributed by atoms with Crippen LogP contribution < -0.4 is 9.91 Å². The van der Waals surface area contributed by atoms with E-state index < -0.39 is 0 Å². The fourth-order valence-electron chi connectivity index (χ4n) is 3.82. The summed E-state index contributed by atoms with van der Waals surface area (Å²) in [6, 6.07) is 35.7. The van der Waals surface area contributed by atoms with Crippen LogP contribution in [-0.4, -0.2) is 12.8 Å². The molecule has 5 rings (SSSR count). The van der Waals surface area contributed by atoms with E-state index >= 15 is 0 Å². The summed E-state index contributed by atoms with van der Waals surface area (Å²) in [5.74, 6) is 0. The number of para-hydroxylation sites is 3. The maximum Gasteiger partial charge on any atom is 0.0652 e. The van der Waals surface area contributed by atoms with E-state index in [1.54, 1.807) is 0 Å². The molecular formula is C27H23N3S. The highest BCUT2D eigenvalue weighted by molar-refractivity contribution is 7.99. The van der Waals surface area contributed by atoms with Gasteiger partial charge < -0.3 is 4.90 Å². The van der Waals surface area contributed by atoms with Gasteiger partial charge in [0.05, 0.1) is 29.0 Å². The molecule has 31 heavy (non-hydrogen) atoms. The molecule has 4 aromatic rings. The number of rotatable bonds is 5. The van der Waals surface area contributed by atoms with Crippen LogP contribution in [0.3, 0.4) is 0 Å². The third-order valence-corrected chi connectivity index (χ3v) is 6.40. The van der Waals surface area contributed by atoms with Crippen molar-refractivity contribution in [3.05, 3.63) is 109 Å². The minimum Gasteiger partial charge on any atom is -0.340 e. The molecule has 1 aliphatic heterocycles. The molecule has 0 N–H and O–H groups in total. The molecule has 0 atom stereocenters. The van der Waals surface area contributed by atoms with Crippen LogP contribution in [0, 0.1) is 0 Å². The summed E-state index contributed by atoms with van der Waals surface area (Å²) >= 11 is 1.83. The summed E-state index contributed by atoms with van der Waals surface area (Å²) in [7, 11) is 0. The predicted octanol–water partition coefficient (Wildman–Crippen LogP) is 7.48. The summed E-state index contributed by atoms with van der Waals surface area (Å²) in [5.41, 5.74) is 5.68. The Bertz CT molecular complexity index is 1170. The van der Waals surface area contributed by atoms with Gasteiger partial charge in [0.2, 0.25) is 0 Å². The highest BCUT2D eigenvalue weighted by atomic mass is 32.2. The molecule has 0 radical (unpaired) electrons. The molecule has 0 fully saturated rings. The molecule has 4 aromatic carbocycles. The third-order valence-electron chi connectivity index (χ3n) is 5.29. The lowest BCUT2D eigenvalue weighted by Crippen LogP contribution is -2.20. The van der Waals surface area contributed by atoms with E-state index in [0.29, 0.717) is 0 Å². The minimum absolute atomic E-state index is 0.938. The van der Waals surface area contributed by atoms with Crippen molar-refractivity contribution >= 4 is 40.7 Å². The van der Waals surface area contributed by atoms with Crippen LogP contribution in [0.5, 0.6) is 0 Å². The Labute approximate surface area is 187 Å². The first-order valence-corrected chi connectivity index (χ1v) is 11.3. The molecule has 3 nitrogen and oxygen atoms in total. The standard InChI is InChI=1S/C27H23N3S/c1-2-29-24-15-9-10-16-26(24)31-27-19-21(17-18-25(27)29)20-28-30(22-11-5-3-6-12-22)23-13-7-4-8-14-23/h3-20H,2H2,1H3. The highest BCUT2D eigenvalue weighted by Gasteiger charge is 2.22. The van der Waals surface area contributed by atoms with Crippen LogP contribution >= 0.6 is 11.8 Å². The Morgan fingerprint density at radius 1 is 0.742 bits per heavy atom. The first-order valence-electron chi connectivity index (χ1n) is 10.5. The molecule has 1 aliphatic rings. The summed E-state index contributed by atoms with van der Waals surface area (Å²) in [6.07, 6.45) is 1.94. The number of benzene rings is 4. The topological polar surface area (TPSA) is 18.8 Å². The fourth-order valence-corrected chi connectivity index (χ4v) is 4.96. The zero-order chi connectivity index (χ0) is 21.0. The Balaban J connectivity index is 1.49. The summed E-state index contributed by atoms with van der Waals surface area (Å²) in [4.78, 5) is 4.93. The molecular weight excluding hydrogens is 398 g/mol. The van der Waals surface area contributed by atoms with Crippen molar-refractivity contribution in [3.8, 4) is 0 Å². The van der Waals surface area contributed by atoms with Gasteiger partial charge in [-0.15, -0.1) is 0 Å².